The van der Waals surface area contributed by atoms with Crippen molar-refractivity contribution in [3.8, 4) is 5.75 Å². The Balaban J connectivity index is 1.77. The second-order valence-electron chi connectivity index (χ2n) is 9.84. The molecule has 0 radical (unpaired) electrons. The average Bonchev–Trinajstić information content (AvgIpc) is 2.66. The molecule has 1 fully saturated rings. The number of aromatic hydroxyl groups is 1. The zero-order valence-electron chi connectivity index (χ0n) is 18.6. The smallest absolute Gasteiger partial charge is 0.128 e. The first-order chi connectivity index (χ1) is 13.6. The first kappa shape index (κ1) is 21.2. The Kier molecular flexibility index (Phi) is 5.87. The van der Waals surface area contributed by atoms with E-state index in [1.165, 1.54) is 0 Å². The second kappa shape index (κ2) is 8.05. The molecular weight excluding hydrogens is 360 g/mol. The van der Waals surface area contributed by atoms with Crippen LogP contribution in [0.15, 0.2) is 41.6 Å². The Morgan fingerprint density at radius 1 is 0.931 bits per heavy atom. The molecule has 1 N–H and O–H groups in total. The van der Waals surface area contributed by atoms with Crippen LogP contribution in [0.25, 0.3) is 0 Å². The summed E-state index contributed by atoms with van der Waals surface area (Å²) in [6, 6.07) is 10.2. The van der Waals surface area contributed by atoms with Crippen molar-refractivity contribution in [2.45, 2.75) is 52.4 Å². The molecule has 0 atom stereocenters. The van der Waals surface area contributed by atoms with Gasteiger partial charge in [0.15, 0.2) is 0 Å². The van der Waals surface area contributed by atoms with E-state index in [9.17, 15) is 5.11 Å². The van der Waals surface area contributed by atoms with Crippen LogP contribution < -0.4 is 4.90 Å². The van der Waals surface area contributed by atoms with Gasteiger partial charge >= 0.3 is 0 Å². The summed E-state index contributed by atoms with van der Waals surface area (Å²) in [4.78, 5) is 6.73. The van der Waals surface area contributed by atoms with Crippen LogP contribution in [0.2, 0.25) is 0 Å². The van der Waals surface area contributed by atoms with Gasteiger partial charge in [-0.1, -0.05) is 47.6 Å². The van der Waals surface area contributed by atoms with E-state index in [0.717, 1.165) is 48.7 Å². The molecule has 0 aliphatic carbocycles. The Morgan fingerprint density at radius 3 is 2.00 bits per heavy atom. The number of phenols is 1. The van der Waals surface area contributed by atoms with Gasteiger partial charge in [0.05, 0.1) is 19.3 Å². The Morgan fingerprint density at radius 2 is 1.52 bits per heavy atom. The third-order valence-corrected chi connectivity index (χ3v) is 5.35. The van der Waals surface area contributed by atoms with Gasteiger partial charge < -0.3 is 10.0 Å². The number of aromatic nitrogens is 1. The van der Waals surface area contributed by atoms with Crippen molar-refractivity contribution in [3.63, 3.8) is 0 Å². The summed E-state index contributed by atoms with van der Waals surface area (Å²) in [6.07, 6.45) is 3.77. The van der Waals surface area contributed by atoms with Crippen molar-refractivity contribution in [3.05, 3.63) is 53.2 Å². The van der Waals surface area contributed by atoms with Crippen molar-refractivity contribution in [2.24, 2.45) is 5.10 Å². The summed E-state index contributed by atoms with van der Waals surface area (Å²) in [6.45, 7) is 16.3. The highest BCUT2D eigenvalue weighted by Crippen LogP contribution is 2.39. The molecule has 2 heterocycles. The number of anilines is 1. The molecule has 156 valence electrons. The molecular formula is C24H34N4O. The predicted molar refractivity (Wildman–Crippen MR) is 121 cm³/mol. The number of benzene rings is 1. The number of hydrogen-bond donors (Lipinski definition) is 1. The number of hydrazone groups is 1. The molecule has 0 amide bonds. The maximum absolute atomic E-state index is 10.9. The fourth-order valence-electron chi connectivity index (χ4n) is 3.60. The lowest BCUT2D eigenvalue weighted by Crippen LogP contribution is -2.44. The van der Waals surface area contributed by atoms with Crippen LogP contribution in [-0.2, 0) is 10.8 Å². The molecule has 1 aliphatic rings. The van der Waals surface area contributed by atoms with Crippen molar-refractivity contribution in [2.75, 3.05) is 31.1 Å². The highest BCUT2D eigenvalue weighted by molar-refractivity contribution is 5.81. The summed E-state index contributed by atoms with van der Waals surface area (Å²) in [5, 5.41) is 17.7. The van der Waals surface area contributed by atoms with E-state index in [4.69, 9.17) is 5.10 Å². The van der Waals surface area contributed by atoms with Gasteiger partial charge in [-0.05, 0) is 40.7 Å². The number of pyridine rings is 1. The predicted octanol–water partition coefficient (Wildman–Crippen LogP) is 4.54. The number of nitrogens with zero attached hydrogens (tertiary/aromatic N) is 4. The quantitative estimate of drug-likeness (QED) is 0.777. The maximum Gasteiger partial charge on any atom is 0.128 e. The lowest BCUT2D eigenvalue weighted by Gasteiger charge is -2.33. The molecule has 29 heavy (non-hydrogen) atoms. The Bertz CT molecular complexity index is 820. The summed E-state index contributed by atoms with van der Waals surface area (Å²) >= 11 is 0. The van der Waals surface area contributed by atoms with E-state index in [-0.39, 0.29) is 10.8 Å². The van der Waals surface area contributed by atoms with Crippen LogP contribution in [0.1, 0.15) is 58.2 Å². The molecule has 0 bridgehead atoms. The third-order valence-electron chi connectivity index (χ3n) is 5.35. The van der Waals surface area contributed by atoms with E-state index < -0.39 is 0 Å². The Labute approximate surface area is 175 Å². The van der Waals surface area contributed by atoms with Crippen LogP contribution in [0.3, 0.4) is 0 Å². The van der Waals surface area contributed by atoms with Gasteiger partial charge in [-0.25, -0.2) is 4.98 Å². The number of hydrogen-bond acceptors (Lipinski definition) is 5. The number of rotatable bonds is 3. The normalized spacial score (nSPS) is 15.9. The summed E-state index contributed by atoms with van der Waals surface area (Å²) in [7, 11) is 0. The molecule has 1 aliphatic heterocycles. The van der Waals surface area contributed by atoms with Gasteiger partial charge in [0.25, 0.3) is 0 Å². The van der Waals surface area contributed by atoms with Crippen LogP contribution in [-0.4, -0.2) is 47.5 Å². The zero-order chi connectivity index (χ0) is 21.2. The molecule has 3 rings (SSSR count). The van der Waals surface area contributed by atoms with Crippen molar-refractivity contribution >= 4 is 12.0 Å². The van der Waals surface area contributed by atoms with E-state index in [2.05, 4.69) is 74.6 Å². The standard InChI is InChI=1S/C24H34N4O/c1-23(2,3)19-15-18(16-20(22(19)29)24(4,5)6)17-26-28-13-11-27(12-14-28)21-9-7-8-10-25-21/h7-10,15-17,29H,11-14H2,1-6H3/b26-17-. The molecule has 1 aromatic heterocycles. The molecule has 0 spiro atoms. The fourth-order valence-corrected chi connectivity index (χ4v) is 3.60. The molecule has 1 saturated heterocycles. The van der Waals surface area contributed by atoms with Gasteiger partial charge in [-0.3, -0.25) is 5.01 Å². The maximum atomic E-state index is 10.9. The van der Waals surface area contributed by atoms with Gasteiger partial charge in [0.1, 0.15) is 11.6 Å². The minimum absolute atomic E-state index is 0.137. The summed E-state index contributed by atoms with van der Waals surface area (Å²) in [5.41, 5.74) is 2.69. The molecule has 5 nitrogen and oxygen atoms in total. The molecule has 1 aromatic carbocycles. The van der Waals surface area contributed by atoms with Crippen molar-refractivity contribution in [1.82, 2.24) is 9.99 Å². The van der Waals surface area contributed by atoms with E-state index in [1.54, 1.807) is 0 Å². The average molecular weight is 395 g/mol. The van der Waals surface area contributed by atoms with Crippen LogP contribution in [0.5, 0.6) is 5.75 Å². The van der Waals surface area contributed by atoms with E-state index >= 15 is 0 Å². The lowest BCUT2D eigenvalue weighted by molar-refractivity contribution is 0.271. The van der Waals surface area contributed by atoms with Gasteiger partial charge in [0, 0.05) is 30.4 Å². The molecule has 0 unspecified atom stereocenters. The second-order valence-corrected chi connectivity index (χ2v) is 9.84. The monoisotopic (exact) mass is 394 g/mol. The van der Waals surface area contributed by atoms with E-state index in [0.29, 0.717) is 5.75 Å². The number of piperazine rings is 1. The lowest BCUT2D eigenvalue weighted by atomic mass is 9.78. The zero-order valence-corrected chi connectivity index (χ0v) is 18.6. The summed E-state index contributed by atoms with van der Waals surface area (Å²) < 4.78 is 0. The number of phenolic OH excluding ortho intramolecular Hbond substituents is 1. The van der Waals surface area contributed by atoms with Gasteiger partial charge in [0.2, 0.25) is 0 Å². The van der Waals surface area contributed by atoms with Crippen LogP contribution >= 0.6 is 0 Å². The highest BCUT2D eigenvalue weighted by Gasteiger charge is 2.26. The molecule has 5 heteroatoms. The van der Waals surface area contributed by atoms with E-state index in [1.807, 2.05) is 24.5 Å². The molecule has 0 saturated carbocycles. The third kappa shape index (κ3) is 5.08. The highest BCUT2D eigenvalue weighted by atomic mass is 16.3. The van der Waals surface area contributed by atoms with Crippen LogP contribution in [0.4, 0.5) is 5.82 Å². The van der Waals surface area contributed by atoms with Gasteiger partial charge in [-0.15, -0.1) is 0 Å². The van der Waals surface area contributed by atoms with Crippen molar-refractivity contribution in [1.29, 1.82) is 0 Å². The molecule has 2 aromatic rings. The first-order valence-corrected chi connectivity index (χ1v) is 10.4. The largest absolute Gasteiger partial charge is 0.507 e. The fraction of sp³-hybridized carbons (Fsp3) is 0.500. The SMILES string of the molecule is CC(C)(C)c1cc(/C=N\N2CCN(c3ccccn3)CC2)cc(C(C)(C)C)c1O. The summed E-state index contributed by atoms with van der Waals surface area (Å²) in [5.74, 6) is 1.44. The minimum Gasteiger partial charge on any atom is -0.507 e. The van der Waals surface area contributed by atoms with Crippen molar-refractivity contribution < 1.29 is 5.11 Å². The minimum atomic E-state index is -0.137. The topological polar surface area (TPSA) is 52.0 Å². The first-order valence-electron chi connectivity index (χ1n) is 10.4. The van der Waals surface area contributed by atoms with Gasteiger partial charge in [-0.2, -0.15) is 5.10 Å². The van der Waals surface area contributed by atoms with Crippen LogP contribution in [0, 0.1) is 0 Å². The Hall–Kier alpha value is -2.56.